The maximum atomic E-state index is 5.21. The third-order valence-corrected chi connectivity index (χ3v) is 7.78. The number of aliphatic imine (C=N–C) groups is 1. The van der Waals surface area contributed by atoms with Crippen LogP contribution in [-0.2, 0) is 0 Å². The SMILES string of the molecule is C=CCSc1nnc2c3c(ncn12)C1C2=C(CCC2)C(CCCC)=NC1S3. The molecule has 0 saturated heterocycles. The zero-order valence-corrected chi connectivity index (χ0v) is 17.2. The van der Waals surface area contributed by atoms with Crippen LogP contribution in [0.1, 0.15) is 57.1 Å². The molecule has 2 aromatic heterocycles. The van der Waals surface area contributed by atoms with E-state index in [2.05, 4.69) is 23.7 Å². The first-order chi connectivity index (χ1) is 13.3. The first-order valence-corrected chi connectivity index (χ1v) is 11.6. The molecule has 140 valence electrons. The number of unbranched alkanes of at least 4 members (excludes halogenated alkanes) is 1. The van der Waals surface area contributed by atoms with Gasteiger partial charge in [-0.05, 0) is 37.7 Å². The second-order valence-corrected chi connectivity index (χ2v) is 9.37. The molecule has 1 aliphatic carbocycles. The predicted molar refractivity (Wildman–Crippen MR) is 112 cm³/mol. The molecule has 4 heterocycles. The fourth-order valence-corrected chi connectivity index (χ4v) is 6.42. The third kappa shape index (κ3) is 2.78. The Morgan fingerprint density at radius 3 is 3.15 bits per heavy atom. The molecule has 2 aliphatic heterocycles. The molecule has 0 saturated carbocycles. The fraction of sp³-hybridized carbons (Fsp3) is 0.500. The summed E-state index contributed by atoms with van der Waals surface area (Å²) < 4.78 is 2.02. The average Bonchev–Trinajstić information content (AvgIpc) is 3.39. The summed E-state index contributed by atoms with van der Waals surface area (Å²) >= 11 is 3.47. The summed E-state index contributed by atoms with van der Waals surface area (Å²) in [4.78, 5) is 11.3. The number of nitrogens with zero attached hydrogens (tertiary/aromatic N) is 5. The van der Waals surface area contributed by atoms with Crippen molar-refractivity contribution in [1.82, 2.24) is 19.6 Å². The lowest BCUT2D eigenvalue weighted by Crippen LogP contribution is -2.21. The number of fused-ring (bicyclic) bond motifs is 6. The van der Waals surface area contributed by atoms with Gasteiger partial charge in [-0.3, -0.25) is 9.39 Å². The van der Waals surface area contributed by atoms with Crippen LogP contribution in [-0.4, -0.2) is 36.4 Å². The van der Waals surface area contributed by atoms with Gasteiger partial charge in [0.05, 0.1) is 16.5 Å². The maximum Gasteiger partial charge on any atom is 0.197 e. The summed E-state index contributed by atoms with van der Waals surface area (Å²) in [7, 11) is 0. The molecule has 0 radical (unpaired) electrons. The number of rotatable bonds is 6. The van der Waals surface area contributed by atoms with Gasteiger partial charge in [0.25, 0.3) is 0 Å². The number of aromatic nitrogens is 4. The molecule has 27 heavy (non-hydrogen) atoms. The summed E-state index contributed by atoms with van der Waals surface area (Å²) in [6, 6.07) is 0. The van der Waals surface area contributed by atoms with Crippen molar-refractivity contribution < 1.29 is 0 Å². The predicted octanol–water partition coefficient (Wildman–Crippen LogP) is 5.04. The molecule has 7 heteroatoms. The van der Waals surface area contributed by atoms with Gasteiger partial charge < -0.3 is 0 Å². The highest BCUT2D eigenvalue weighted by atomic mass is 32.2. The Morgan fingerprint density at radius 2 is 2.30 bits per heavy atom. The van der Waals surface area contributed by atoms with E-state index in [1.54, 1.807) is 22.9 Å². The van der Waals surface area contributed by atoms with Gasteiger partial charge in [0.2, 0.25) is 0 Å². The van der Waals surface area contributed by atoms with Gasteiger partial charge in [-0.25, -0.2) is 4.98 Å². The number of allylic oxidation sites excluding steroid dienone is 1. The van der Waals surface area contributed by atoms with Gasteiger partial charge in [0.1, 0.15) is 11.7 Å². The third-order valence-electron chi connectivity index (χ3n) is 5.60. The van der Waals surface area contributed by atoms with E-state index in [-0.39, 0.29) is 5.37 Å². The Hall–Kier alpha value is -1.60. The minimum Gasteiger partial charge on any atom is -0.274 e. The van der Waals surface area contributed by atoms with Crippen molar-refractivity contribution in [1.29, 1.82) is 0 Å². The second-order valence-electron chi connectivity index (χ2n) is 7.26. The van der Waals surface area contributed by atoms with Crippen LogP contribution in [0.3, 0.4) is 0 Å². The van der Waals surface area contributed by atoms with Gasteiger partial charge in [-0.2, -0.15) is 0 Å². The highest BCUT2D eigenvalue weighted by Gasteiger charge is 2.44. The van der Waals surface area contributed by atoms with Gasteiger partial charge >= 0.3 is 0 Å². The van der Waals surface area contributed by atoms with Crippen LogP contribution >= 0.6 is 23.5 Å². The second kappa shape index (κ2) is 7.09. The Bertz CT molecular complexity index is 974. The molecule has 2 aromatic rings. The quantitative estimate of drug-likeness (QED) is 0.505. The molecule has 3 aliphatic rings. The van der Waals surface area contributed by atoms with Crippen molar-refractivity contribution in [3.8, 4) is 0 Å². The van der Waals surface area contributed by atoms with Gasteiger partial charge in [-0.1, -0.05) is 48.5 Å². The van der Waals surface area contributed by atoms with Gasteiger partial charge in [0.15, 0.2) is 10.8 Å². The average molecular weight is 398 g/mol. The van der Waals surface area contributed by atoms with E-state index >= 15 is 0 Å². The zero-order valence-electron chi connectivity index (χ0n) is 15.5. The number of hydrogen-bond acceptors (Lipinski definition) is 6. The van der Waals surface area contributed by atoms with Crippen molar-refractivity contribution in [3.05, 3.63) is 35.8 Å². The Labute approximate surface area is 167 Å². The van der Waals surface area contributed by atoms with Crippen LogP contribution in [0.2, 0.25) is 0 Å². The molecule has 5 rings (SSSR count). The van der Waals surface area contributed by atoms with E-state index < -0.39 is 0 Å². The summed E-state index contributed by atoms with van der Waals surface area (Å²) in [6.07, 6.45) is 11.0. The van der Waals surface area contributed by atoms with E-state index in [1.165, 1.54) is 42.7 Å². The minimum atomic E-state index is 0.225. The standard InChI is InChI=1S/C20H23N5S2/c1-3-5-9-14-12-7-6-8-13(12)15-16-17(27-19(15)22-14)18-23-24-20(26-10-4-2)25(18)11-21-16/h4,11,15,19H,2-3,5-10H2,1H3. The van der Waals surface area contributed by atoms with Crippen LogP contribution in [0.5, 0.6) is 0 Å². The molecule has 0 aromatic carbocycles. The lowest BCUT2D eigenvalue weighted by molar-refractivity contribution is 0.692. The molecule has 2 atom stereocenters. The first kappa shape index (κ1) is 17.5. The highest BCUT2D eigenvalue weighted by Crippen LogP contribution is 2.55. The van der Waals surface area contributed by atoms with E-state index in [4.69, 9.17) is 9.98 Å². The molecule has 2 unspecified atom stereocenters. The molecule has 0 bridgehead atoms. The van der Waals surface area contributed by atoms with E-state index in [9.17, 15) is 0 Å². The summed E-state index contributed by atoms with van der Waals surface area (Å²) in [5.74, 6) is 1.15. The zero-order chi connectivity index (χ0) is 18.4. The number of hydrogen-bond donors (Lipinski definition) is 0. The van der Waals surface area contributed by atoms with Crippen LogP contribution in [0, 0.1) is 0 Å². The van der Waals surface area contributed by atoms with Crippen LogP contribution < -0.4 is 0 Å². The fourth-order valence-electron chi connectivity index (χ4n) is 4.39. The molecule has 0 N–H and O–H groups in total. The van der Waals surface area contributed by atoms with Crippen LogP contribution in [0.25, 0.3) is 5.65 Å². The Kier molecular flexibility index (Phi) is 4.60. The largest absolute Gasteiger partial charge is 0.274 e. The van der Waals surface area contributed by atoms with Crippen molar-refractivity contribution in [2.75, 3.05) is 5.75 Å². The van der Waals surface area contributed by atoms with Crippen LogP contribution in [0.15, 0.2) is 45.2 Å². The number of dihydropyridines is 1. The van der Waals surface area contributed by atoms with Crippen molar-refractivity contribution in [3.63, 3.8) is 0 Å². The minimum absolute atomic E-state index is 0.225. The molecular weight excluding hydrogens is 374 g/mol. The lowest BCUT2D eigenvalue weighted by atomic mass is 9.87. The lowest BCUT2D eigenvalue weighted by Gasteiger charge is -2.26. The van der Waals surface area contributed by atoms with Crippen molar-refractivity contribution in [2.45, 2.75) is 66.8 Å². The van der Waals surface area contributed by atoms with Gasteiger partial charge in [0, 0.05) is 11.5 Å². The van der Waals surface area contributed by atoms with E-state index in [1.807, 2.05) is 28.6 Å². The van der Waals surface area contributed by atoms with Crippen molar-refractivity contribution >= 4 is 34.9 Å². The Morgan fingerprint density at radius 1 is 1.37 bits per heavy atom. The number of thioether (sulfide) groups is 2. The van der Waals surface area contributed by atoms with Crippen molar-refractivity contribution in [2.24, 2.45) is 4.99 Å². The highest BCUT2D eigenvalue weighted by molar-refractivity contribution is 8.00. The molecule has 0 fully saturated rings. The molecule has 5 nitrogen and oxygen atoms in total. The maximum absolute atomic E-state index is 5.21. The Balaban J connectivity index is 1.56. The first-order valence-electron chi connectivity index (χ1n) is 9.74. The smallest absolute Gasteiger partial charge is 0.197 e. The topological polar surface area (TPSA) is 55.4 Å². The summed E-state index contributed by atoms with van der Waals surface area (Å²) in [6.45, 7) is 6.04. The monoisotopic (exact) mass is 397 g/mol. The summed E-state index contributed by atoms with van der Waals surface area (Å²) in [5.41, 5.74) is 6.60. The van der Waals surface area contributed by atoms with Crippen LogP contribution in [0.4, 0.5) is 0 Å². The van der Waals surface area contributed by atoms with E-state index in [0.29, 0.717) is 5.92 Å². The molecule has 0 amide bonds. The van der Waals surface area contributed by atoms with Gasteiger partial charge in [-0.15, -0.1) is 16.8 Å². The van der Waals surface area contributed by atoms with E-state index in [0.717, 1.165) is 28.7 Å². The molecule has 0 spiro atoms. The normalized spacial score (nSPS) is 23.4. The summed E-state index contributed by atoms with van der Waals surface area (Å²) in [5, 5.41) is 9.97. The molecular formula is C20H23N5S2.